The van der Waals surface area contributed by atoms with Crippen molar-refractivity contribution in [3.05, 3.63) is 29.8 Å². The molecule has 0 saturated carbocycles. The Morgan fingerprint density at radius 1 is 1.33 bits per heavy atom. The maximum atomic E-state index is 5.57. The highest BCUT2D eigenvalue weighted by molar-refractivity contribution is 5.39. The second-order valence-corrected chi connectivity index (χ2v) is 3.24. The summed E-state index contributed by atoms with van der Waals surface area (Å²) >= 11 is 0. The van der Waals surface area contributed by atoms with Crippen LogP contribution in [0.1, 0.15) is 12.0 Å². The first-order valence-corrected chi connectivity index (χ1v) is 4.30. The van der Waals surface area contributed by atoms with Crippen LogP contribution in [0, 0.1) is 0 Å². The van der Waals surface area contributed by atoms with Crippen molar-refractivity contribution >= 4 is 5.69 Å². The van der Waals surface area contributed by atoms with E-state index in [-0.39, 0.29) is 0 Å². The van der Waals surface area contributed by atoms with E-state index in [1.165, 1.54) is 5.56 Å². The molecule has 2 N–H and O–H groups in total. The topological polar surface area (TPSA) is 38.5 Å². The van der Waals surface area contributed by atoms with Crippen molar-refractivity contribution in [1.29, 1.82) is 0 Å². The molecule has 0 aromatic heterocycles. The van der Waals surface area contributed by atoms with Crippen LogP contribution in [0.25, 0.3) is 0 Å². The van der Waals surface area contributed by atoms with Gasteiger partial charge in [0.25, 0.3) is 0 Å². The molecule has 1 unspecified atom stereocenters. The number of nitrogens with two attached hydrogens (primary N) is 1. The number of ether oxygens (including phenoxy) is 1. The maximum absolute atomic E-state index is 5.57. The van der Waals surface area contributed by atoms with Crippen LogP contribution in [-0.4, -0.2) is 12.7 Å². The molecule has 1 aliphatic rings. The lowest BCUT2D eigenvalue weighted by atomic mass is 10.1. The molecule has 0 radical (unpaired) electrons. The van der Waals surface area contributed by atoms with Crippen LogP contribution in [0.4, 0.5) is 5.69 Å². The van der Waals surface area contributed by atoms with Crippen LogP contribution < -0.4 is 5.73 Å². The van der Waals surface area contributed by atoms with Crippen LogP contribution in [-0.2, 0) is 11.2 Å². The minimum atomic E-state index is 0.530. The summed E-state index contributed by atoms with van der Waals surface area (Å²) in [6, 6.07) is 8.06. The fraction of sp³-hybridized carbons (Fsp3) is 0.400. The van der Waals surface area contributed by atoms with E-state index in [1.807, 2.05) is 12.1 Å². The van der Waals surface area contributed by atoms with Gasteiger partial charge in [-0.3, -0.25) is 0 Å². The van der Waals surface area contributed by atoms with Crippen LogP contribution in [0.5, 0.6) is 0 Å². The molecule has 0 aliphatic carbocycles. The third-order valence-electron chi connectivity index (χ3n) is 2.14. The standard InChI is InChI=1S/C10H13NO/c11-9-4-1-8(2-5-9)3-6-10-7-12-10/h1-2,4-5,10H,3,6-7,11H2. The Bertz CT molecular complexity index is 251. The number of hydrogen-bond acceptors (Lipinski definition) is 2. The fourth-order valence-corrected chi connectivity index (χ4v) is 1.25. The molecule has 1 heterocycles. The zero-order valence-corrected chi connectivity index (χ0v) is 6.99. The van der Waals surface area contributed by atoms with Gasteiger partial charge in [-0.15, -0.1) is 0 Å². The summed E-state index contributed by atoms with van der Waals surface area (Å²) in [5.74, 6) is 0. The Balaban J connectivity index is 1.89. The first-order valence-electron chi connectivity index (χ1n) is 4.30. The molecule has 2 rings (SSSR count). The van der Waals surface area contributed by atoms with Crippen molar-refractivity contribution in [2.24, 2.45) is 0 Å². The highest BCUT2D eigenvalue weighted by atomic mass is 16.6. The van der Waals surface area contributed by atoms with Crippen molar-refractivity contribution < 1.29 is 4.74 Å². The van der Waals surface area contributed by atoms with Crippen molar-refractivity contribution in [2.75, 3.05) is 12.3 Å². The summed E-state index contributed by atoms with van der Waals surface area (Å²) in [4.78, 5) is 0. The zero-order chi connectivity index (χ0) is 8.39. The van der Waals surface area contributed by atoms with Crippen molar-refractivity contribution in [3.8, 4) is 0 Å². The van der Waals surface area contributed by atoms with Gasteiger partial charge in [0.15, 0.2) is 0 Å². The lowest BCUT2D eigenvalue weighted by Gasteiger charge is -1.98. The number of benzene rings is 1. The SMILES string of the molecule is Nc1ccc(CCC2CO2)cc1. The van der Waals surface area contributed by atoms with Gasteiger partial charge in [0.05, 0.1) is 12.7 Å². The van der Waals surface area contributed by atoms with Crippen LogP contribution in [0.2, 0.25) is 0 Å². The van der Waals surface area contributed by atoms with E-state index < -0.39 is 0 Å². The van der Waals surface area contributed by atoms with Gasteiger partial charge in [-0.05, 0) is 30.5 Å². The number of nitrogen functional groups attached to an aromatic ring is 1. The molecule has 64 valence electrons. The molecule has 12 heavy (non-hydrogen) atoms. The molecule has 1 atom stereocenters. The number of hydrogen-bond donors (Lipinski definition) is 1. The molecule has 1 saturated heterocycles. The summed E-state index contributed by atoms with van der Waals surface area (Å²) < 4.78 is 5.13. The number of aryl methyl sites for hydroxylation is 1. The van der Waals surface area contributed by atoms with Crippen LogP contribution >= 0.6 is 0 Å². The highest BCUT2D eigenvalue weighted by Gasteiger charge is 2.21. The molecule has 1 aromatic carbocycles. The molecule has 1 aromatic rings. The minimum absolute atomic E-state index is 0.530. The summed E-state index contributed by atoms with van der Waals surface area (Å²) in [6.07, 6.45) is 2.78. The Morgan fingerprint density at radius 2 is 2.00 bits per heavy atom. The Hall–Kier alpha value is -1.02. The summed E-state index contributed by atoms with van der Waals surface area (Å²) in [5.41, 5.74) is 7.75. The molecule has 1 fully saturated rings. The first-order chi connectivity index (χ1) is 5.84. The monoisotopic (exact) mass is 163 g/mol. The number of anilines is 1. The van der Waals surface area contributed by atoms with E-state index in [0.717, 1.165) is 25.1 Å². The molecule has 2 nitrogen and oxygen atoms in total. The minimum Gasteiger partial charge on any atom is -0.399 e. The van der Waals surface area contributed by atoms with E-state index in [2.05, 4.69) is 12.1 Å². The predicted octanol–water partition coefficient (Wildman–Crippen LogP) is 1.60. The van der Waals surface area contributed by atoms with Gasteiger partial charge in [0.2, 0.25) is 0 Å². The third-order valence-corrected chi connectivity index (χ3v) is 2.14. The van der Waals surface area contributed by atoms with Gasteiger partial charge in [-0.1, -0.05) is 12.1 Å². The lowest BCUT2D eigenvalue weighted by Crippen LogP contribution is -1.91. The summed E-state index contributed by atoms with van der Waals surface area (Å²) in [7, 11) is 0. The maximum Gasteiger partial charge on any atom is 0.0813 e. The summed E-state index contributed by atoms with van der Waals surface area (Å²) in [5, 5.41) is 0. The van der Waals surface area contributed by atoms with E-state index in [9.17, 15) is 0 Å². The van der Waals surface area contributed by atoms with E-state index in [1.54, 1.807) is 0 Å². The van der Waals surface area contributed by atoms with E-state index >= 15 is 0 Å². The average Bonchev–Trinajstić information content (AvgIpc) is 2.87. The first kappa shape index (κ1) is 7.62. The highest BCUT2D eigenvalue weighted by Crippen LogP contribution is 2.17. The van der Waals surface area contributed by atoms with Crippen molar-refractivity contribution in [2.45, 2.75) is 18.9 Å². The van der Waals surface area contributed by atoms with Crippen molar-refractivity contribution in [1.82, 2.24) is 0 Å². The fourth-order valence-electron chi connectivity index (χ4n) is 1.25. The van der Waals surface area contributed by atoms with Gasteiger partial charge >= 0.3 is 0 Å². The van der Waals surface area contributed by atoms with E-state index in [4.69, 9.17) is 10.5 Å². The number of epoxide rings is 1. The predicted molar refractivity (Wildman–Crippen MR) is 48.9 cm³/mol. The smallest absolute Gasteiger partial charge is 0.0813 e. The molecule has 0 spiro atoms. The second-order valence-electron chi connectivity index (χ2n) is 3.24. The molecular weight excluding hydrogens is 150 g/mol. The number of rotatable bonds is 3. The van der Waals surface area contributed by atoms with Gasteiger partial charge < -0.3 is 10.5 Å². The van der Waals surface area contributed by atoms with Gasteiger partial charge in [-0.25, -0.2) is 0 Å². The molecule has 0 amide bonds. The van der Waals surface area contributed by atoms with Gasteiger partial charge in [-0.2, -0.15) is 0 Å². The quantitative estimate of drug-likeness (QED) is 0.543. The summed E-state index contributed by atoms with van der Waals surface area (Å²) in [6.45, 7) is 0.953. The van der Waals surface area contributed by atoms with Gasteiger partial charge in [0.1, 0.15) is 0 Å². The average molecular weight is 163 g/mol. The Kier molecular flexibility index (Phi) is 2.00. The molecule has 0 bridgehead atoms. The third kappa shape index (κ3) is 1.98. The molecular formula is C10H13NO. The van der Waals surface area contributed by atoms with E-state index in [0.29, 0.717) is 6.10 Å². The molecule has 2 heteroatoms. The Morgan fingerprint density at radius 3 is 2.58 bits per heavy atom. The Labute approximate surface area is 72.3 Å². The molecule has 1 aliphatic heterocycles. The normalized spacial score (nSPS) is 20.8. The lowest BCUT2D eigenvalue weighted by molar-refractivity contribution is 0.397. The zero-order valence-electron chi connectivity index (χ0n) is 6.99. The largest absolute Gasteiger partial charge is 0.399 e. The van der Waals surface area contributed by atoms with Gasteiger partial charge in [0, 0.05) is 5.69 Å². The second kappa shape index (κ2) is 3.15. The van der Waals surface area contributed by atoms with Crippen LogP contribution in [0.15, 0.2) is 24.3 Å². The van der Waals surface area contributed by atoms with Crippen LogP contribution in [0.3, 0.4) is 0 Å². The van der Waals surface area contributed by atoms with Crippen molar-refractivity contribution in [3.63, 3.8) is 0 Å².